The molecular weight excluding hydrogens is 416 g/mol. The summed E-state index contributed by atoms with van der Waals surface area (Å²) < 4.78 is 2.91. The molecule has 0 radical (unpaired) electrons. The Morgan fingerprint density at radius 3 is 2.43 bits per heavy atom. The van der Waals surface area contributed by atoms with Gasteiger partial charge in [0.2, 0.25) is 0 Å². The predicted molar refractivity (Wildman–Crippen MR) is 115 cm³/mol. The third kappa shape index (κ3) is 3.33. The minimum absolute atomic E-state index is 0.0613. The van der Waals surface area contributed by atoms with Crippen LogP contribution in [0.15, 0.2) is 53.0 Å². The first-order valence-electron chi connectivity index (χ1n) is 9.36. The Balaban J connectivity index is 1.58. The zero-order chi connectivity index (χ0) is 19.8. The first-order valence-corrected chi connectivity index (χ1v) is 10.2. The van der Waals surface area contributed by atoms with E-state index >= 15 is 0 Å². The van der Waals surface area contributed by atoms with Crippen molar-refractivity contribution in [3.63, 3.8) is 0 Å². The first kappa shape index (κ1) is 18.7. The number of nitrogens with zero attached hydrogens (tertiary/aromatic N) is 4. The number of aryl methyl sites for hydroxylation is 1. The second kappa shape index (κ2) is 7.43. The third-order valence-electron chi connectivity index (χ3n) is 5.32. The quantitative estimate of drug-likeness (QED) is 0.597. The van der Waals surface area contributed by atoms with Crippen molar-refractivity contribution in [3.05, 3.63) is 75.5 Å². The minimum atomic E-state index is 0.0613. The van der Waals surface area contributed by atoms with Gasteiger partial charge in [-0.3, -0.25) is 4.79 Å². The second-order valence-electron chi connectivity index (χ2n) is 7.22. The van der Waals surface area contributed by atoms with Gasteiger partial charge in [0.05, 0.1) is 21.5 Å². The standard InChI is InChI=1S/C22H23BrN4O/c1-15-21(23)16(2)27(24-15)19-10-8-17(9-11-19)22(28)26-13-12-25(3)20-7-5-4-6-18(20)14-26/h4-11H,12-14H2,1-3H3. The van der Waals surface area contributed by atoms with Crippen molar-refractivity contribution in [2.75, 3.05) is 25.0 Å². The maximum atomic E-state index is 13.1. The molecule has 28 heavy (non-hydrogen) atoms. The van der Waals surface area contributed by atoms with E-state index in [2.05, 4.69) is 45.1 Å². The van der Waals surface area contributed by atoms with E-state index in [0.29, 0.717) is 18.7 Å². The van der Waals surface area contributed by atoms with Gasteiger partial charge in [-0.2, -0.15) is 5.10 Å². The molecule has 0 aliphatic carbocycles. The van der Waals surface area contributed by atoms with Crippen molar-refractivity contribution >= 4 is 27.5 Å². The van der Waals surface area contributed by atoms with Crippen LogP contribution >= 0.6 is 15.9 Å². The normalized spacial score (nSPS) is 14.0. The number of anilines is 1. The van der Waals surface area contributed by atoms with Crippen LogP contribution in [0.2, 0.25) is 0 Å². The van der Waals surface area contributed by atoms with Crippen LogP contribution in [0.25, 0.3) is 5.69 Å². The number of para-hydroxylation sites is 1. The summed E-state index contributed by atoms with van der Waals surface area (Å²) in [7, 11) is 2.08. The molecule has 5 nitrogen and oxygen atoms in total. The van der Waals surface area contributed by atoms with Crippen LogP contribution in [0.3, 0.4) is 0 Å². The lowest BCUT2D eigenvalue weighted by Gasteiger charge is -2.21. The molecule has 1 aliphatic rings. The molecule has 2 heterocycles. The number of hydrogen-bond donors (Lipinski definition) is 0. The van der Waals surface area contributed by atoms with Gasteiger partial charge in [0.1, 0.15) is 0 Å². The van der Waals surface area contributed by atoms with Crippen molar-refractivity contribution in [2.45, 2.75) is 20.4 Å². The highest BCUT2D eigenvalue weighted by atomic mass is 79.9. The lowest BCUT2D eigenvalue weighted by molar-refractivity contribution is 0.0752. The van der Waals surface area contributed by atoms with E-state index in [1.54, 1.807) is 0 Å². The molecule has 0 spiro atoms. The van der Waals surface area contributed by atoms with E-state index in [1.165, 1.54) is 11.3 Å². The zero-order valence-corrected chi connectivity index (χ0v) is 17.9. The number of aromatic nitrogens is 2. The number of likely N-dealkylation sites (N-methyl/N-ethyl adjacent to an activating group) is 1. The number of carbonyl (C=O) groups excluding carboxylic acids is 1. The molecule has 0 atom stereocenters. The molecule has 1 aliphatic heterocycles. The minimum Gasteiger partial charge on any atom is -0.373 e. The maximum Gasteiger partial charge on any atom is 0.254 e. The topological polar surface area (TPSA) is 41.4 Å². The fraction of sp³-hybridized carbons (Fsp3) is 0.273. The molecule has 4 rings (SSSR count). The summed E-state index contributed by atoms with van der Waals surface area (Å²) in [5, 5.41) is 4.56. The number of rotatable bonds is 2. The Labute approximate surface area is 173 Å². The number of benzene rings is 2. The van der Waals surface area contributed by atoms with E-state index in [1.807, 2.05) is 59.8 Å². The summed E-state index contributed by atoms with van der Waals surface area (Å²) >= 11 is 3.56. The number of fused-ring (bicyclic) bond motifs is 1. The van der Waals surface area contributed by atoms with Crippen LogP contribution in [-0.4, -0.2) is 40.7 Å². The van der Waals surface area contributed by atoms with Crippen LogP contribution in [-0.2, 0) is 6.54 Å². The second-order valence-corrected chi connectivity index (χ2v) is 8.01. The Morgan fingerprint density at radius 2 is 1.75 bits per heavy atom. The number of amides is 1. The molecule has 2 aromatic carbocycles. The highest BCUT2D eigenvalue weighted by molar-refractivity contribution is 9.10. The molecule has 6 heteroatoms. The van der Waals surface area contributed by atoms with Crippen molar-refractivity contribution in [3.8, 4) is 5.69 Å². The van der Waals surface area contributed by atoms with Crippen LogP contribution in [0.4, 0.5) is 5.69 Å². The Hall–Kier alpha value is -2.60. The van der Waals surface area contributed by atoms with Gasteiger partial charge >= 0.3 is 0 Å². The summed E-state index contributed by atoms with van der Waals surface area (Å²) in [5.74, 6) is 0.0613. The molecule has 1 amide bonds. The molecule has 144 valence electrons. The van der Waals surface area contributed by atoms with Crippen molar-refractivity contribution in [2.24, 2.45) is 0 Å². The summed E-state index contributed by atoms with van der Waals surface area (Å²) in [6.07, 6.45) is 0. The molecule has 0 unspecified atom stereocenters. The first-order chi connectivity index (χ1) is 13.5. The van der Waals surface area contributed by atoms with Crippen molar-refractivity contribution < 1.29 is 4.79 Å². The van der Waals surface area contributed by atoms with E-state index in [0.717, 1.165) is 28.1 Å². The van der Waals surface area contributed by atoms with Crippen LogP contribution < -0.4 is 4.90 Å². The lowest BCUT2D eigenvalue weighted by atomic mass is 10.1. The number of carbonyl (C=O) groups is 1. The smallest absolute Gasteiger partial charge is 0.254 e. The van der Waals surface area contributed by atoms with Gasteiger partial charge in [0.15, 0.2) is 0 Å². The maximum absolute atomic E-state index is 13.1. The Morgan fingerprint density at radius 1 is 1.04 bits per heavy atom. The molecule has 1 aromatic heterocycles. The van der Waals surface area contributed by atoms with Crippen LogP contribution in [0, 0.1) is 13.8 Å². The van der Waals surface area contributed by atoms with Gasteiger partial charge in [-0.15, -0.1) is 0 Å². The van der Waals surface area contributed by atoms with Crippen molar-refractivity contribution in [1.82, 2.24) is 14.7 Å². The Bertz CT molecular complexity index is 1030. The van der Waals surface area contributed by atoms with Crippen molar-refractivity contribution in [1.29, 1.82) is 0 Å². The molecule has 0 saturated carbocycles. The fourth-order valence-corrected chi connectivity index (χ4v) is 3.92. The summed E-state index contributed by atoms with van der Waals surface area (Å²) in [6, 6.07) is 16.0. The number of hydrogen-bond acceptors (Lipinski definition) is 3. The number of halogens is 1. The highest BCUT2D eigenvalue weighted by Gasteiger charge is 2.22. The van der Waals surface area contributed by atoms with E-state index in [9.17, 15) is 4.79 Å². The highest BCUT2D eigenvalue weighted by Crippen LogP contribution is 2.26. The molecular formula is C22H23BrN4O. The molecule has 0 N–H and O–H groups in total. The average molecular weight is 439 g/mol. The van der Waals surface area contributed by atoms with E-state index in [-0.39, 0.29) is 5.91 Å². The van der Waals surface area contributed by atoms with Crippen LogP contribution in [0.1, 0.15) is 27.3 Å². The van der Waals surface area contributed by atoms with Gasteiger partial charge < -0.3 is 9.80 Å². The van der Waals surface area contributed by atoms with E-state index < -0.39 is 0 Å². The van der Waals surface area contributed by atoms with Gasteiger partial charge in [0, 0.05) is 37.9 Å². The molecule has 3 aromatic rings. The van der Waals surface area contributed by atoms with Gasteiger partial charge in [-0.25, -0.2) is 4.68 Å². The van der Waals surface area contributed by atoms with Gasteiger partial charge in [-0.1, -0.05) is 18.2 Å². The predicted octanol–water partition coefficient (Wildman–Crippen LogP) is 4.34. The zero-order valence-electron chi connectivity index (χ0n) is 16.3. The largest absolute Gasteiger partial charge is 0.373 e. The van der Waals surface area contributed by atoms with Crippen LogP contribution in [0.5, 0.6) is 0 Å². The van der Waals surface area contributed by atoms with E-state index in [4.69, 9.17) is 0 Å². The molecule has 0 bridgehead atoms. The fourth-order valence-electron chi connectivity index (χ4n) is 3.67. The Kier molecular flexibility index (Phi) is 4.98. The summed E-state index contributed by atoms with van der Waals surface area (Å²) in [4.78, 5) is 17.3. The average Bonchev–Trinajstić information content (AvgIpc) is 2.88. The lowest BCUT2D eigenvalue weighted by Crippen LogP contribution is -2.34. The van der Waals surface area contributed by atoms with Gasteiger partial charge in [0.25, 0.3) is 5.91 Å². The SMILES string of the molecule is Cc1nn(-c2ccc(C(=O)N3CCN(C)c4ccccc4C3)cc2)c(C)c1Br. The molecule has 0 fully saturated rings. The summed E-state index contributed by atoms with van der Waals surface area (Å²) in [6.45, 7) is 6.15. The van der Waals surface area contributed by atoms with Gasteiger partial charge in [-0.05, 0) is 65.7 Å². The third-order valence-corrected chi connectivity index (χ3v) is 6.47. The monoisotopic (exact) mass is 438 g/mol. The molecule has 0 saturated heterocycles. The summed E-state index contributed by atoms with van der Waals surface area (Å²) in [5.41, 5.74) is 6.02.